The van der Waals surface area contributed by atoms with Crippen molar-refractivity contribution in [2.75, 3.05) is 33.3 Å². The highest BCUT2D eigenvalue weighted by Crippen LogP contribution is 1.97. The molecule has 5 nitrogen and oxygen atoms in total. The van der Waals surface area contributed by atoms with Gasteiger partial charge in [0.05, 0.1) is 26.7 Å². The summed E-state index contributed by atoms with van der Waals surface area (Å²) >= 11 is 0. The molecular weight excluding hydrogens is 230 g/mol. The maximum absolute atomic E-state index is 9.52. The summed E-state index contributed by atoms with van der Waals surface area (Å²) in [6.45, 7) is 10.0. The van der Waals surface area contributed by atoms with Crippen LogP contribution in [0.3, 0.4) is 0 Å². The average Bonchev–Trinajstić information content (AvgIpc) is 2.25. The van der Waals surface area contributed by atoms with E-state index in [0.717, 1.165) is 0 Å². The second-order valence-corrected chi connectivity index (χ2v) is 4.49. The molecule has 0 aliphatic rings. The number of terminal acetylenes is 1. The molecule has 0 aromatic carbocycles. The van der Waals surface area contributed by atoms with Crippen molar-refractivity contribution in [1.82, 2.24) is 0 Å². The van der Waals surface area contributed by atoms with Gasteiger partial charge in [0.1, 0.15) is 6.61 Å². The van der Waals surface area contributed by atoms with Gasteiger partial charge < -0.3 is 9.04 Å². The van der Waals surface area contributed by atoms with Crippen LogP contribution in [0.25, 0.3) is 0 Å². The van der Waals surface area contributed by atoms with Crippen molar-refractivity contribution >= 4 is 10.4 Å². The SMILES string of the molecule is C#CCOS(=O)(=O)[O-].CC[N+](C)(CC)CC. The molecule has 0 rings (SSSR count). The lowest BCUT2D eigenvalue weighted by Crippen LogP contribution is -2.42. The van der Waals surface area contributed by atoms with Crippen molar-refractivity contribution in [2.24, 2.45) is 0 Å². The van der Waals surface area contributed by atoms with Crippen LogP contribution in [0, 0.1) is 12.3 Å². The molecule has 0 aromatic heterocycles. The molecule has 0 aromatic rings. The van der Waals surface area contributed by atoms with Crippen molar-refractivity contribution in [3.05, 3.63) is 0 Å². The third-order valence-electron chi connectivity index (χ3n) is 2.58. The van der Waals surface area contributed by atoms with Gasteiger partial charge in [0.25, 0.3) is 0 Å². The highest BCUT2D eigenvalue weighted by Gasteiger charge is 2.10. The Morgan fingerprint density at radius 3 is 1.69 bits per heavy atom. The average molecular weight is 251 g/mol. The molecule has 0 heterocycles. The molecule has 6 heteroatoms. The van der Waals surface area contributed by atoms with Gasteiger partial charge >= 0.3 is 0 Å². The first kappa shape index (κ1) is 17.8. The monoisotopic (exact) mass is 251 g/mol. The van der Waals surface area contributed by atoms with E-state index in [4.69, 9.17) is 0 Å². The molecule has 0 saturated heterocycles. The minimum Gasteiger partial charge on any atom is -0.725 e. The fraction of sp³-hybridized carbons (Fsp3) is 0.800. The second kappa shape index (κ2) is 8.53. The van der Waals surface area contributed by atoms with Crippen LogP contribution in [0.4, 0.5) is 0 Å². The molecule has 0 amide bonds. The second-order valence-electron chi connectivity index (χ2n) is 3.44. The normalized spacial score (nSPS) is 11.2. The summed E-state index contributed by atoms with van der Waals surface area (Å²) in [5, 5.41) is 0. The Hall–Kier alpha value is -0.610. The van der Waals surface area contributed by atoms with E-state index in [1.54, 1.807) is 0 Å². The van der Waals surface area contributed by atoms with Crippen LogP contribution in [0.15, 0.2) is 0 Å². The Bertz CT molecular complexity index is 293. The topological polar surface area (TPSA) is 66.4 Å². The number of rotatable bonds is 5. The maximum Gasteiger partial charge on any atom is 0.218 e. The summed E-state index contributed by atoms with van der Waals surface area (Å²) in [7, 11) is -2.29. The van der Waals surface area contributed by atoms with Crippen LogP contribution in [0.1, 0.15) is 20.8 Å². The summed E-state index contributed by atoms with van der Waals surface area (Å²) in [6, 6.07) is 0. The maximum atomic E-state index is 9.52. The quantitative estimate of drug-likeness (QED) is 0.310. The Morgan fingerprint density at radius 1 is 1.25 bits per heavy atom. The van der Waals surface area contributed by atoms with Gasteiger partial charge in [0, 0.05) is 0 Å². The fourth-order valence-electron chi connectivity index (χ4n) is 0.777. The fourth-order valence-corrected chi connectivity index (χ4v) is 0.989. The zero-order valence-corrected chi connectivity index (χ0v) is 11.2. The molecule has 0 aliphatic carbocycles. The van der Waals surface area contributed by atoms with E-state index >= 15 is 0 Å². The predicted octanol–water partition coefficient (Wildman–Crippen LogP) is 0.589. The molecule has 0 aliphatic heterocycles. The molecule has 96 valence electrons. The molecule has 0 fully saturated rings. The first-order valence-electron chi connectivity index (χ1n) is 5.11. The molecule has 0 radical (unpaired) electrons. The standard InChI is InChI=1S/C7H18N.C3H4O4S/c1-5-8(4,6-2)7-3;1-2-3-7-8(4,5)6/h5-7H2,1-4H3;1H,3H2,(H,4,5,6)/q+1;/p-1. The summed E-state index contributed by atoms with van der Waals surface area (Å²) in [5.41, 5.74) is 0. The smallest absolute Gasteiger partial charge is 0.218 e. The van der Waals surface area contributed by atoms with Crippen LogP contribution in [-0.2, 0) is 14.6 Å². The Kier molecular flexibility index (Phi) is 9.48. The van der Waals surface area contributed by atoms with Crippen LogP contribution < -0.4 is 0 Å². The largest absolute Gasteiger partial charge is 0.725 e. The number of hydrogen-bond acceptors (Lipinski definition) is 4. The van der Waals surface area contributed by atoms with E-state index in [2.05, 4.69) is 38.4 Å². The van der Waals surface area contributed by atoms with Gasteiger partial charge in [-0.1, -0.05) is 5.92 Å². The van der Waals surface area contributed by atoms with Crippen molar-refractivity contribution < 1.29 is 21.6 Å². The lowest BCUT2D eigenvalue weighted by atomic mass is 10.4. The van der Waals surface area contributed by atoms with Gasteiger partial charge in [-0.25, -0.2) is 8.42 Å². The molecular formula is C10H21NO4S. The molecule has 0 unspecified atom stereocenters. The van der Waals surface area contributed by atoms with E-state index in [1.807, 2.05) is 5.92 Å². The minimum atomic E-state index is -4.58. The third-order valence-corrected chi connectivity index (χ3v) is 2.98. The van der Waals surface area contributed by atoms with Crippen molar-refractivity contribution in [1.29, 1.82) is 0 Å². The Labute approximate surface area is 98.9 Å². The minimum absolute atomic E-state index is 0.494. The van der Waals surface area contributed by atoms with Crippen LogP contribution >= 0.6 is 0 Å². The molecule has 0 saturated carbocycles. The zero-order chi connectivity index (χ0) is 13.2. The van der Waals surface area contributed by atoms with Crippen LogP contribution in [-0.4, -0.2) is 50.7 Å². The summed E-state index contributed by atoms with van der Waals surface area (Å²) in [5.74, 6) is 1.82. The summed E-state index contributed by atoms with van der Waals surface area (Å²) in [6.07, 6.45) is 4.56. The number of nitrogens with zero attached hydrogens (tertiary/aromatic N) is 1. The predicted molar refractivity (Wildman–Crippen MR) is 62.3 cm³/mol. The van der Waals surface area contributed by atoms with Crippen molar-refractivity contribution in [3.63, 3.8) is 0 Å². The molecule has 0 bridgehead atoms. The van der Waals surface area contributed by atoms with Gasteiger partial charge in [0.15, 0.2) is 0 Å². The Morgan fingerprint density at radius 2 is 1.62 bits per heavy atom. The summed E-state index contributed by atoms with van der Waals surface area (Å²) < 4.78 is 33.3. The third kappa shape index (κ3) is 11.5. The first-order valence-corrected chi connectivity index (χ1v) is 6.45. The van der Waals surface area contributed by atoms with E-state index in [9.17, 15) is 13.0 Å². The number of quaternary nitrogens is 1. The van der Waals surface area contributed by atoms with E-state index in [-0.39, 0.29) is 0 Å². The van der Waals surface area contributed by atoms with Crippen molar-refractivity contribution in [3.8, 4) is 12.3 Å². The van der Waals surface area contributed by atoms with Gasteiger partial charge in [-0.05, 0) is 20.8 Å². The lowest BCUT2D eigenvalue weighted by Gasteiger charge is -2.30. The first-order chi connectivity index (χ1) is 7.24. The molecule has 0 atom stereocenters. The van der Waals surface area contributed by atoms with Gasteiger partial charge in [0.2, 0.25) is 10.4 Å². The Balaban J connectivity index is 0. The van der Waals surface area contributed by atoms with E-state index in [1.165, 1.54) is 24.1 Å². The summed E-state index contributed by atoms with van der Waals surface area (Å²) in [4.78, 5) is 0. The molecule has 0 spiro atoms. The molecule has 16 heavy (non-hydrogen) atoms. The van der Waals surface area contributed by atoms with Gasteiger partial charge in [-0.3, -0.25) is 4.18 Å². The number of hydrogen-bond donors (Lipinski definition) is 0. The van der Waals surface area contributed by atoms with Crippen molar-refractivity contribution in [2.45, 2.75) is 20.8 Å². The van der Waals surface area contributed by atoms with Crippen LogP contribution in [0.5, 0.6) is 0 Å². The van der Waals surface area contributed by atoms with Gasteiger partial charge in [-0.15, -0.1) is 6.42 Å². The van der Waals surface area contributed by atoms with Crippen LogP contribution in [0.2, 0.25) is 0 Å². The molecule has 0 N–H and O–H groups in total. The highest BCUT2D eigenvalue weighted by molar-refractivity contribution is 7.80. The lowest BCUT2D eigenvalue weighted by molar-refractivity contribution is -0.904. The van der Waals surface area contributed by atoms with E-state index in [0.29, 0.717) is 0 Å². The van der Waals surface area contributed by atoms with E-state index < -0.39 is 17.0 Å². The highest BCUT2D eigenvalue weighted by atomic mass is 32.3. The zero-order valence-electron chi connectivity index (χ0n) is 10.4. The van der Waals surface area contributed by atoms with Gasteiger partial charge in [-0.2, -0.15) is 0 Å².